The van der Waals surface area contributed by atoms with Crippen molar-refractivity contribution in [2.75, 3.05) is 0 Å². The second-order valence-corrected chi connectivity index (χ2v) is 7.45. The Bertz CT molecular complexity index is 452. The SMILES string of the molecule is CCCC1CCC(N)C(S(=O)c2ccccc2Cl)C1. The first-order chi connectivity index (χ1) is 9.13. The van der Waals surface area contributed by atoms with E-state index in [0.717, 1.165) is 17.7 Å². The van der Waals surface area contributed by atoms with Gasteiger partial charge in [0.05, 0.1) is 26.0 Å². The zero-order valence-electron chi connectivity index (χ0n) is 11.3. The third-order valence-electron chi connectivity index (χ3n) is 3.98. The van der Waals surface area contributed by atoms with E-state index in [1.54, 1.807) is 6.07 Å². The molecule has 0 bridgehead atoms. The number of benzene rings is 1. The molecule has 1 fully saturated rings. The van der Waals surface area contributed by atoms with Gasteiger partial charge in [-0.3, -0.25) is 4.21 Å². The van der Waals surface area contributed by atoms with Gasteiger partial charge in [-0.25, -0.2) is 0 Å². The molecule has 4 heteroatoms. The van der Waals surface area contributed by atoms with Crippen LogP contribution in [-0.4, -0.2) is 15.5 Å². The fourth-order valence-corrected chi connectivity index (χ4v) is 4.99. The summed E-state index contributed by atoms with van der Waals surface area (Å²) in [6.07, 6.45) is 5.51. The van der Waals surface area contributed by atoms with Crippen LogP contribution in [0, 0.1) is 5.92 Å². The molecule has 19 heavy (non-hydrogen) atoms. The Morgan fingerprint density at radius 1 is 1.37 bits per heavy atom. The van der Waals surface area contributed by atoms with Crippen molar-refractivity contribution in [1.29, 1.82) is 0 Å². The van der Waals surface area contributed by atoms with E-state index in [-0.39, 0.29) is 11.3 Å². The second kappa shape index (κ2) is 6.87. The molecule has 2 N–H and O–H groups in total. The van der Waals surface area contributed by atoms with E-state index in [1.165, 1.54) is 19.3 Å². The van der Waals surface area contributed by atoms with Crippen molar-refractivity contribution in [2.45, 2.75) is 55.2 Å². The van der Waals surface area contributed by atoms with Gasteiger partial charge in [0.2, 0.25) is 0 Å². The van der Waals surface area contributed by atoms with Gasteiger partial charge in [0.15, 0.2) is 0 Å². The normalized spacial score (nSPS) is 29.1. The van der Waals surface area contributed by atoms with Crippen molar-refractivity contribution in [3.8, 4) is 0 Å². The van der Waals surface area contributed by atoms with E-state index in [2.05, 4.69) is 6.92 Å². The quantitative estimate of drug-likeness (QED) is 0.920. The summed E-state index contributed by atoms with van der Waals surface area (Å²) in [6.45, 7) is 2.20. The van der Waals surface area contributed by atoms with Gasteiger partial charge in [0, 0.05) is 6.04 Å². The molecule has 1 aromatic rings. The molecular weight excluding hydrogens is 278 g/mol. The third kappa shape index (κ3) is 3.59. The van der Waals surface area contributed by atoms with Gasteiger partial charge in [-0.05, 0) is 37.3 Å². The molecule has 0 amide bonds. The lowest BCUT2D eigenvalue weighted by Crippen LogP contribution is -2.43. The van der Waals surface area contributed by atoms with Crippen molar-refractivity contribution in [1.82, 2.24) is 0 Å². The average Bonchev–Trinajstić information content (AvgIpc) is 2.41. The van der Waals surface area contributed by atoms with Gasteiger partial charge in [-0.1, -0.05) is 43.5 Å². The first-order valence-corrected chi connectivity index (χ1v) is 8.63. The highest BCUT2D eigenvalue weighted by molar-refractivity contribution is 7.85. The molecule has 0 spiro atoms. The zero-order valence-corrected chi connectivity index (χ0v) is 12.9. The van der Waals surface area contributed by atoms with Crippen LogP contribution in [0.2, 0.25) is 5.02 Å². The predicted octanol–water partition coefficient (Wildman–Crippen LogP) is 3.74. The molecule has 0 aromatic heterocycles. The van der Waals surface area contributed by atoms with Crippen LogP contribution in [0.5, 0.6) is 0 Å². The Kier molecular flexibility index (Phi) is 5.43. The fraction of sp³-hybridized carbons (Fsp3) is 0.600. The van der Waals surface area contributed by atoms with Crippen molar-refractivity contribution in [3.63, 3.8) is 0 Å². The van der Waals surface area contributed by atoms with Crippen LogP contribution < -0.4 is 5.73 Å². The van der Waals surface area contributed by atoms with E-state index in [0.29, 0.717) is 10.9 Å². The topological polar surface area (TPSA) is 43.1 Å². The summed E-state index contributed by atoms with van der Waals surface area (Å²) in [5.74, 6) is 0.668. The highest BCUT2D eigenvalue weighted by Gasteiger charge is 2.33. The maximum Gasteiger partial charge on any atom is 0.0591 e. The van der Waals surface area contributed by atoms with Crippen LogP contribution >= 0.6 is 11.6 Å². The van der Waals surface area contributed by atoms with E-state index in [1.807, 2.05) is 18.2 Å². The monoisotopic (exact) mass is 299 g/mol. The number of hydrogen-bond donors (Lipinski definition) is 1. The van der Waals surface area contributed by atoms with E-state index < -0.39 is 10.8 Å². The molecule has 0 heterocycles. The van der Waals surface area contributed by atoms with Crippen LogP contribution in [0.4, 0.5) is 0 Å². The van der Waals surface area contributed by atoms with Crippen molar-refractivity contribution in [3.05, 3.63) is 29.3 Å². The molecule has 0 saturated heterocycles. The molecule has 1 aromatic carbocycles. The summed E-state index contributed by atoms with van der Waals surface area (Å²) in [7, 11) is -1.09. The lowest BCUT2D eigenvalue weighted by atomic mass is 9.83. The third-order valence-corrected chi connectivity index (χ3v) is 6.30. The summed E-state index contributed by atoms with van der Waals surface area (Å²) in [4.78, 5) is 0.738. The van der Waals surface area contributed by atoms with Gasteiger partial charge in [0.1, 0.15) is 0 Å². The number of rotatable bonds is 4. The largest absolute Gasteiger partial charge is 0.327 e. The maximum atomic E-state index is 12.7. The molecule has 106 valence electrons. The highest BCUT2D eigenvalue weighted by Crippen LogP contribution is 2.33. The molecule has 4 unspecified atom stereocenters. The molecule has 1 aliphatic carbocycles. The predicted molar refractivity (Wildman–Crippen MR) is 81.9 cm³/mol. The molecular formula is C15H22ClNOS. The van der Waals surface area contributed by atoms with Gasteiger partial charge in [-0.15, -0.1) is 0 Å². The Balaban J connectivity index is 2.15. The lowest BCUT2D eigenvalue weighted by molar-refractivity contribution is 0.313. The maximum absolute atomic E-state index is 12.7. The van der Waals surface area contributed by atoms with Crippen molar-refractivity contribution < 1.29 is 4.21 Å². The lowest BCUT2D eigenvalue weighted by Gasteiger charge is -2.33. The fourth-order valence-electron chi connectivity index (χ4n) is 2.92. The minimum Gasteiger partial charge on any atom is -0.327 e. The second-order valence-electron chi connectivity index (χ2n) is 5.40. The first kappa shape index (κ1) is 15.0. The number of hydrogen-bond acceptors (Lipinski definition) is 2. The zero-order chi connectivity index (χ0) is 13.8. The Morgan fingerprint density at radius 2 is 2.11 bits per heavy atom. The summed E-state index contributed by atoms with van der Waals surface area (Å²) < 4.78 is 12.7. The molecule has 1 aliphatic rings. The van der Waals surface area contributed by atoms with Crippen molar-refractivity contribution >= 4 is 22.4 Å². The summed E-state index contributed by atoms with van der Waals surface area (Å²) in [5.41, 5.74) is 6.19. The Morgan fingerprint density at radius 3 is 2.79 bits per heavy atom. The van der Waals surface area contributed by atoms with Crippen LogP contribution in [-0.2, 0) is 10.8 Å². The Hall–Kier alpha value is -0.380. The van der Waals surface area contributed by atoms with Crippen LogP contribution in [0.15, 0.2) is 29.2 Å². The number of halogens is 1. The van der Waals surface area contributed by atoms with E-state index >= 15 is 0 Å². The standard InChI is InChI=1S/C15H22ClNOS/c1-2-5-11-8-9-13(17)15(10-11)19(18)14-7-4-3-6-12(14)16/h3-4,6-7,11,13,15H,2,5,8-10,17H2,1H3. The first-order valence-electron chi connectivity index (χ1n) is 7.04. The van der Waals surface area contributed by atoms with Crippen LogP contribution in [0.3, 0.4) is 0 Å². The minimum absolute atomic E-state index is 0.0326. The van der Waals surface area contributed by atoms with Crippen LogP contribution in [0.25, 0.3) is 0 Å². The van der Waals surface area contributed by atoms with E-state index in [4.69, 9.17) is 17.3 Å². The van der Waals surface area contributed by atoms with E-state index in [9.17, 15) is 4.21 Å². The van der Waals surface area contributed by atoms with Crippen molar-refractivity contribution in [2.24, 2.45) is 11.7 Å². The number of nitrogens with two attached hydrogens (primary N) is 1. The molecule has 1 saturated carbocycles. The summed E-state index contributed by atoms with van der Waals surface area (Å²) >= 11 is 6.15. The molecule has 2 nitrogen and oxygen atoms in total. The Labute approximate surface area is 123 Å². The van der Waals surface area contributed by atoms with Gasteiger partial charge >= 0.3 is 0 Å². The summed E-state index contributed by atoms with van der Waals surface area (Å²) in [6, 6.07) is 7.44. The van der Waals surface area contributed by atoms with Gasteiger partial charge < -0.3 is 5.73 Å². The molecule has 4 atom stereocenters. The molecule has 2 rings (SSSR count). The highest BCUT2D eigenvalue weighted by atomic mass is 35.5. The summed E-state index contributed by atoms with van der Waals surface area (Å²) in [5, 5.41) is 0.635. The van der Waals surface area contributed by atoms with Gasteiger partial charge in [-0.2, -0.15) is 0 Å². The van der Waals surface area contributed by atoms with Crippen LogP contribution in [0.1, 0.15) is 39.0 Å². The van der Waals surface area contributed by atoms with Gasteiger partial charge in [0.25, 0.3) is 0 Å². The minimum atomic E-state index is -1.09. The smallest absolute Gasteiger partial charge is 0.0591 e. The molecule has 0 radical (unpaired) electrons. The molecule has 0 aliphatic heterocycles. The average molecular weight is 300 g/mol.